The Balaban J connectivity index is 1.71. The highest BCUT2D eigenvalue weighted by atomic mass is 16.2. The van der Waals surface area contributed by atoms with E-state index in [1.165, 1.54) is 18.6 Å². The topological polar surface area (TPSA) is 81.1 Å². The first kappa shape index (κ1) is 22.1. The van der Waals surface area contributed by atoms with Gasteiger partial charge in [-0.15, -0.1) is 0 Å². The molecule has 0 bridgehead atoms. The molecule has 166 valence electrons. The zero-order chi connectivity index (χ0) is 23.5. The van der Waals surface area contributed by atoms with Crippen LogP contribution >= 0.6 is 0 Å². The van der Waals surface area contributed by atoms with Crippen molar-refractivity contribution in [2.45, 2.75) is 33.9 Å². The lowest BCUT2D eigenvalue weighted by Gasteiger charge is -2.15. The van der Waals surface area contributed by atoms with Gasteiger partial charge < -0.3 is 9.88 Å². The van der Waals surface area contributed by atoms with Gasteiger partial charge in [0.05, 0.1) is 11.1 Å². The summed E-state index contributed by atoms with van der Waals surface area (Å²) in [6, 6.07) is 14.8. The molecule has 0 unspecified atom stereocenters. The zero-order valence-corrected chi connectivity index (χ0v) is 18.9. The summed E-state index contributed by atoms with van der Waals surface area (Å²) < 4.78 is 1.68. The van der Waals surface area contributed by atoms with Gasteiger partial charge in [-0.1, -0.05) is 29.8 Å². The van der Waals surface area contributed by atoms with Gasteiger partial charge in [0.25, 0.3) is 0 Å². The minimum Gasteiger partial charge on any atom is -0.350 e. The molecule has 0 aliphatic rings. The molecular weight excluding hydrogens is 414 g/mol. The largest absolute Gasteiger partial charge is 0.350 e. The van der Waals surface area contributed by atoms with Crippen molar-refractivity contribution in [2.24, 2.45) is 0 Å². The molecule has 4 rings (SSSR count). The maximum absolute atomic E-state index is 13.2. The molecule has 1 amide bonds. The summed E-state index contributed by atoms with van der Waals surface area (Å²) in [5.41, 5.74) is 4.79. The van der Waals surface area contributed by atoms with Crippen molar-refractivity contribution in [3.63, 3.8) is 0 Å². The second-order valence-corrected chi connectivity index (χ2v) is 8.28. The van der Waals surface area contributed by atoms with E-state index < -0.39 is 5.78 Å². The number of aryl methyl sites for hydroxylation is 3. The summed E-state index contributed by atoms with van der Waals surface area (Å²) in [5.74, 6) is -0.600. The van der Waals surface area contributed by atoms with Crippen LogP contribution in [0.4, 0.5) is 0 Å². The van der Waals surface area contributed by atoms with E-state index in [1.54, 1.807) is 22.8 Å². The third-order valence-corrected chi connectivity index (χ3v) is 5.81. The van der Waals surface area contributed by atoms with Crippen LogP contribution in [0.2, 0.25) is 0 Å². The minimum atomic E-state index is -0.392. The lowest BCUT2D eigenvalue weighted by atomic mass is 10.0. The summed E-state index contributed by atoms with van der Waals surface area (Å²) in [5, 5.41) is 3.34. The van der Waals surface area contributed by atoms with Gasteiger partial charge >= 0.3 is 0 Å². The molecule has 6 heteroatoms. The number of aromatic nitrogens is 2. The monoisotopic (exact) mass is 439 g/mol. The van der Waals surface area contributed by atoms with Crippen LogP contribution in [0.5, 0.6) is 0 Å². The van der Waals surface area contributed by atoms with Crippen molar-refractivity contribution in [1.82, 2.24) is 14.9 Å². The Labute approximate surface area is 191 Å². The van der Waals surface area contributed by atoms with Gasteiger partial charge in [0.15, 0.2) is 5.78 Å². The fourth-order valence-corrected chi connectivity index (χ4v) is 3.72. The van der Waals surface area contributed by atoms with Crippen molar-refractivity contribution in [3.05, 3.63) is 111 Å². The fraction of sp³-hybridized carbons (Fsp3) is 0.185. The maximum atomic E-state index is 13.2. The van der Waals surface area contributed by atoms with Gasteiger partial charge in [-0.2, -0.15) is 0 Å². The van der Waals surface area contributed by atoms with E-state index in [9.17, 15) is 14.4 Å². The Kier molecular flexibility index (Phi) is 6.18. The Hall–Kier alpha value is -4.06. The second kappa shape index (κ2) is 9.20. The number of hydrogen-bond acceptors (Lipinski definition) is 4. The normalized spacial score (nSPS) is 10.9. The van der Waals surface area contributed by atoms with Crippen LogP contribution in [0.1, 0.15) is 38.2 Å². The van der Waals surface area contributed by atoms with E-state index in [4.69, 9.17) is 0 Å². The fourth-order valence-electron chi connectivity index (χ4n) is 3.72. The quantitative estimate of drug-likeness (QED) is 0.463. The van der Waals surface area contributed by atoms with Crippen molar-refractivity contribution in [3.8, 4) is 0 Å². The van der Waals surface area contributed by atoms with Gasteiger partial charge in [0, 0.05) is 36.1 Å². The summed E-state index contributed by atoms with van der Waals surface area (Å²) in [7, 11) is 0. The second-order valence-electron chi connectivity index (χ2n) is 8.28. The molecule has 0 aliphatic carbocycles. The van der Waals surface area contributed by atoms with Crippen LogP contribution in [-0.2, 0) is 17.9 Å². The molecule has 0 atom stereocenters. The Morgan fingerprint density at radius 1 is 0.939 bits per heavy atom. The molecule has 0 fully saturated rings. The molecule has 33 heavy (non-hydrogen) atoms. The first-order valence-corrected chi connectivity index (χ1v) is 10.7. The number of nitrogens with zero attached hydrogens (tertiary/aromatic N) is 2. The highest BCUT2D eigenvalue weighted by molar-refractivity contribution is 6.10. The smallest absolute Gasteiger partial charge is 0.240 e. The summed E-state index contributed by atoms with van der Waals surface area (Å²) in [6.45, 7) is 6.28. The number of benzene rings is 2. The number of carbonyl (C=O) groups is 2. The summed E-state index contributed by atoms with van der Waals surface area (Å²) >= 11 is 0. The summed E-state index contributed by atoms with van der Waals surface area (Å²) in [6.07, 6.45) is 4.52. The average molecular weight is 440 g/mol. The standard InChI is InChI=1S/C27H25N3O3/c1-17-4-6-20(7-5-17)14-29-25(31)16-30-15-23(26(32)21-8-10-28-11-9-21)27(33)22-12-18(2)19(3)13-24(22)30/h4-13,15H,14,16H2,1-3H3,(H,29,31). The molecule has 0 saturated carbocycles. The van der Waals surface area contributed by atoms with Crippen molar-refractivity contribution >= 4 is 22.6 Å². The average Bonchev–Trinajstić information content (AvgIpc) is 2.82. The maximum Gasteiger partial charge on any atom is 0.240 e. The third-order valence-electron chi connectivity index (χ3n) is 5.81. The Morgan fingerprint density at radius 2 is 1.61 bits per heavy atom. The molecule has 0 saturated heterocycles. The van der Waals surface area contributed by atoms with Gasteiger partial charge in [0.1, 0.15) is 6.54 Å². The van der Waals surface area contributed by atoms with Crippen LogP contribution < -0.4 is 10.7 Å². The van der Waals surface area contributed by atoms with Gasteiger partial charge in [-0.3, -0.25) is 19.4 Å². The number of nitrogens with one attached hydrogen (secondary N) is 1. The van der Waals surface area contributed by atoms with E-state index >= 15 is 0 Å². The lowest BCUT2D eigenvalue weighted by Crippen LogP contribution is -2.29. The van der Waals surface area contributed by atoms with E-state index in [-0.39, 0.29) is 23.4 Å². The predicted octanol–water partition coefficient (Wildman–Crippen LogP) is 3.87. The van der Waals surface area contributed by atoms with Crippen LogP contribution in [0, 0.1) is 20.8 Å². The molecule has 4 aromatic rings. The molecular formula is C27H25N3O3. The predicted molar refractivity (Wildman–Crippen MR) is 128 cm³/mol. The van der Waals surface area contributed by atoms with Crippen LogP contribution in [0.15, 0.2) is 71.9 Å². The first-order valence-electron chi connectivity index (χ1n) is 10.7. The Morgan fingerprint density at radius 3 is 2.30 bits per heavy atom. The van der Waals surface area contributed by atoms with Crippen molar-refractivity contribution in [2.75, 3.05) is 0 Å². The first-order chi connectivity index (χ1) is 15.8. The van der Waals surface area contributed by atoms with Crippen LogP contribution in [0.3, 0.4) is 0 Å². The molecule has 2 heterocycles. The minimum absolute atomic E-state index is 0.0121. The van der Waals surface area contributed by atoms with Gasteiger partial charge in [-0.25, -0.2) is 0 Å². The van der Waals surface area contributed by atoms with Crippen molar-refractivity contribution < 1.29 is 9.59 Å². The number of pyridine rings is 2. The molecule has 2 aromatic carbocycles. The lowest BCUT2D eigenvalue weighted by molar-refractivity contribution is -0.121. The number of carbonyl (C=O) groups excluding carboxylic acids is 2. The number of hydrogen-bond donors (Lipinski definition) is 1. The number of amides is 1. The third kappa shape index (κ3) is 4.75. The van der Waals surface area contributed by atoms with Gasteiger partial charge in [-0.05, 0) is 61.7 Å². The van der Waals surface area contributed by atoms with Gasteiger partial charge in [0.2, 0.25) is 11.3 Å². The molecule has 2 aromatic heterocycles. The highest BCUT2D eigenvalue weighted by Gasteiger charge is 2.19. The molecule has 6 nitrogen and oxygen atoms in total. The van der Waals surface area contributed by atoms with E-state index in [0.29, 0.717) is 23.0 Å². The van der Waals surface area contributed by atoms with Crippen LogP contribution in [0.25, 0.3) is 10.9 Å². The molecule has 0 radical (unpaired) electrons. The molecule has 1 N–H and O–H groups in total. The van der Waals surface area contributed by atoms with Crippen molar-refractivity contribution in [1.29, 1.82) is 0 Å². The number of rotatable bonds is 6. The number of fused-ring (bicyclic) bond motifs is 1. The van der Waals surface area contributed by atoms with E-state index in [2.05, 4.69) is 10.3 Å². The van der Waals surface area contributed by atoms with Crippen LogP contribution in [-0.4, -0.2) is 21.2 Å². The summed E-state index contributed by atoms with van der Waals surface area (Å²) in [4.78, 5) is 43.0. The molecule has 0 spiro atoms. The van der Waals surface area contributed by atoms with E-state index in [1.807, 2.05) is 51.1 Å². The SMILES string of the molecule is Cc1ccc(CNC(=O)Cn2cc(C(=O)c3ccncc3)c(=O)c3cc(C)c(C)cc32)cc1. The highest BCUT2D eigenvalue weighted by Crippen LogP contribution is 2.19. The Bertz CT molecular complexity index is 1400. The zero-order valence-electron chi connectivity index (χ0n) is 18.9. The van der Waals surface area contributed by atoms with E-state index in [0.717, 1.165) is 22.3 Å². The molecule has 0 aliphatic heterocycles. The number of ketones is 1.